The number of carbonyl (C=O) groups is 1. The van der Waals surface area contributed by atoms with E-state index < -0.39 is 5.82 Å². The number of halogens is 1. The maximum Gasteiger partial charge on any atom is 0.221 e. The summed E-state index contributed by atoms with van der Waals surface area (Å²) in [5.74, 6) is -0.275. The van der Waals surface area contributed by atoms with Crippen LogP contribution in [0.15, 0.2) is 24.3 Å². The molecule has 1 saturated heterocycles. The second kappa shape index (κ2) is 7.95. The monoisotopic (exact) mass is 296 g/mol. The van der Waals surface area contributed by atoms with Crippen molar-refractivity contribution in [3.63, 3.8) is 0 Å². The molecule has 6 heteroatoms. The third-order valence-electron chi connectivity index (χ3n) is 3.18. The number of nitrogens with one attached hydrogen (secondary N) is 2. The van der Waals surface area contributed by atoms with Crippen molar-refractivity contribution in [1.82, 2.24) is 10.6 Å². The van der Waals surface area contributed by atoms with Gasteiger partial charge < -0.3 is 20.1 Å². The van der Waals surface area contributed by atoms with Crippen molar-refractivity contribution in [2.24, 2.45) is 0 Å². The highest BCUT2D eigenvalue weighted by molar-refractivity contribution is 5.76. The zero-order valence-corrected chi connectivity index (χ0v) is 12.1. The van der Waals surface area contributed by atoms with Crippen molar-refractivity contribution >= 4 is 5.91 Å². The van der Waals surface area contributed by atoms with E-state index >= 15 is 0 Å². The van der Waals surface area contributed by atoms with Crippen molar-refractivity contribution in [1.29, 1.82) is 0 Å². The van der Waals surface area contributed by atoms with Crippen molar-refractivity contribution in [3.05, 3.63) is 30.1 Å². The average molecular weight is 296 g/mol. The van der Waals surface area contributed by atoms with Gasteiger partial charge in [-0.05, 0) is 19.1 Å². The number of para-hydroxylation sites is 1. The molecule has 116 valence electrons. The molecule has 0 bridgehead atoms. The minimum absolute atomic E-state index is 0.0570. The Kier molecular flexibility index (Phi) is 5.95. The molecule has 5 nitrogen and oxygen atoms in total. The number of benzene rings is 1. The molecule has 21 heavy (non-hydrogen) atoms. The molecule has 2 N–H and O–H groups in total. The predicted molar refractivity (Wildman–Crippen MR) is 76.7 cm³/mol. The first-order valence-corrected chi connectivity index (χ1v) is 7.14. The second-order valence-corrected chi connectivity index (χ2v) is 5.09. The maximum atomic E-state index is 13.4. The molecule has 2 atom stereocenters. The van der Waals surface area contributed by atoms with Gasteiger partial charge in [-0.3, -0.25) is 4.79 Å². The van der Waals surface area contributed by atoms with Gasteiger partial charge in [-0.1, -0.05) is 12.1 Å². The molecule has 1 fully saturated rings. The summed E-state index contributed by atoms with van der Waals surface area (Å²) in [5.41, 5.74) is 0. The van der Waals surface area contributed by atoms with Gasteiger partial charge >= 0.3 is 0 Å². The van der Waals surface area contributed by atoms with Crippen LogP contribution in [0.2, 0.25) is 0 Å². The molecule has 0 radical (unpaired) electrons. The second-order valence-electron chi connectivity index (χ2n) is 5.09. The van der Waals surface area contributed by atoms with Crippen LogP contribution in [0.5, 0.6) is 5.75 Å². The van der Waals surface area contributed by atoms with E-state index in [1.54, 1.807) is 25.1 Å². The Morgan fingerprint density at radius 1 is 1.57 bits per heavy atom. The van der Waals surface area contributed by atoms with Gasteiger partial charge in [-0.25, -0.2) is 4.39 Å². The highest BCUT2D eigenvalue weighted by Crippen LogP contribution is 2.16. The molecule has 1 heterocycles. The van der Waals surface area contributed by atoms with Crippen LogP contribution in [0, 0.1) is 5.82 Å². The van der Waals surface area contributed by atoms with Gasteiger partial charge in [0.15, 0.2) is 11.6 Å². The molecule has 0 saturated carbocycles. The fourth-order valence-corrected chi connectivity index (χ4v) is 2.10. The summed E-state index contributed by atoms with van der Waals surface area (Å²) < 4.78 is 24.2. The standard InChI is InChI=1S/C15H21FN2O3/c1-11(21-14-5-3-2-4-13(14)16)9-18-15(19)8-12-10-20-7-6-17-12/h2-5,11-12,17H,6-10H2,1H3,(H,18,19). The molecule has 2 unspecified atom stereocenters. The van der Waals surface area contributed by atoms with Gasteiger partial charge in [-0.15, -0.1) is 0 Å². The minimum atomic E-state index is -0.403. The van der Waals surface area contributed by atoms with Gasteiger partial charge in [0.1, 0.15) is 6.10 Å². The van der Waals surface area contributed by atoms with Crippen molar-refractivity contribution in [2.75, 3.05) is 26.3 Å². The molecule has 1 aromatic rings. The third kappa shape index (κ3) is 5.32. The smallest absolute Gasteiger partial charge is 0.221 e. The van der Waals surface area contributed by atoms with Crippen LogP contribution in [0.25, 0.3) is 0 Å². The molecule has 0 spiro atoms. The first-order chi connectivity index (χ1) is 10.1. The van der Waals surface area contributed by atoms with E-state index in [0.717, 1.165) is 6.54 Å². The number of rotatable bonds is 6. The zero-order valence-electron chi connectivity index (χ0n) is 12.1. The van der Waals surface area contributed by atoms with E-state index in [9.17, 15) is 9.18 Å². The fourth-order valence-electron chi connectivity index (χ4n) is 2.10. The van der Waals surface area contributed by atoms with E-state index in [0.29, 0.717) is 26.2 Å². The Balaban J connectivity index is 1.69. The molecule has 1 amide bonds. The predicted octanol–water partition coefficient (Wildman–Crippen LogP) is 1.09. The van der Waals surface area contributed by atoms with Gasteiger partial charge in [0.2, 0.25) is 5.91 Å². The van der Waals surface area contributed by atoms with Crippen molar-refractivity contribution in [2.45, 2.75) is 25.5 Å². The maximum absolute atomic E-state index is 13.4. The molecule has 1 aromatic carbocycles. The normalized spacial score (nSPS) is 19.8. The van der Waals surface area contributed by atoms with Gasteiger partial charge in [0, 0.05) is 19.0 Å². The summed E-state index contributed by atoms with van der Waals surface area (Å²) in [5, 5.41) is 6.01. The summed E-state index contributed by atoms with van der Waals surface area (Å²) in [4.78, 5) is 11.8. The molecular weight excluding hydrogens is 275 g/mol. The molecule has 1 aliphatic rings. The number of morpholine rings is 1. The number of carbonyl (C=O) groups excluding carboxylic acids is 1. The van der Waals surface area contributed by atoms with Gasteiger partial charge in [0.25, 0.3) is 0 Å². The van der Waals surface area contributed by atoms with Crippen LogP contribution in [-0.2, 0) is 9.53 Å². The number of hydrogen-bond donors (Lipinski definition) is 2. The van der Waals surface area contributed by atoms with Crippen molar-refractivity contribution in [3.8, 4) is 5.75 Å². The van der Waals surface area contributed by atoms with Crippen molar-refractivity contribution < 1.29 is 18.7 Å². The molecule has 0 aliphatic carbocycles. The topological polar surface area (TPSA) is 59.6 Å². The van der Waals surface area contributed by atoms with Gasteiger partial charge in [-0.2, -0.15) is 0 Å². The Bertz CT molecular complexity index is 464. The number of amides is 1. The lowest BCUT2D eigenvalue weighted by Gasteiger charge is -2.23. The lowest BCUT2D eigenvalue weighted by atomic mass is 10.2. The molecule has 2 rings (SSSR count). The van der Waals surface area contributed by atoms with E-state index in [1.165, 1.54) is 6.07 Å². The average Bonchev–Trinajstić information content (AvgIpc) is 2.49. The Morgan fingerprint density at radius 3 is 3.10 bits per heavy atom. The largest absolute Gasteiger partial charge is 0.486 e. The van der Waals surface area contributed by atoms with Crippen LogP contribution in [0.4, 0.5) is 4.39 Å². The van der Waals surface area contributed by atoms with Gasteiger partial charge in [0.05, 0.1) is 19.8 Å². The van der Waals surface area contributed by atoms with Crippen LogP contribution >= 0.6 is 0 Å². The summed E-state index contributed by atoms with van der Waals surface area (Å²) >= 11 is 0. The lowest BCUT2D eigenvalue weighted by molar-refractivity contribution is -0.122. The van der Waals surface area contributed by atoms with Crippen LogP contribution in [-0.4, -0.2) is 44.4 Å². The van der Waals surface area contributed by atoms with E-state index in [2.05, 4.69) is 10.6 Å². The molecule has 0 aromatic heterocycles. The van der Waals surface area contributed by atoms with Crippen LogP contribution < -0.4 is 15.4 Å². The van der Waals surface area contributed by atoms with E-state index in [-0.39, 0.29) is 23.8 Å². The fraction of sp³-hybridized carbons (Fsp3) is 0.533. The minimum Gasteiger partial charge on any atom is -0.486 e. The zero-order chi connectivity index (χ0) is 15.1. The van der Waals surface area contributed by atoms with Crippen LogP contribution in [0.1, 0.15) is 13.3 Å². The first-order valence-electron chi connectivity index (χ1n) is 7.14. The summed E-state index contributed by atoms with van der Waals surface area (Å²) in [6, 6.07) is 6.28. The number of ether oxygens (including phenoxy) is 2. The third-order valence-corrected chi connectivity index (χ3v) is 3.18. The highest BCUT2D eigenvalue weighted by Gasteiger charge is 2.17. The summed E-state index contributed by atoms with van der Waals surface area (Å²) in [7, 11) is 0. The summed E-state index contributed by atoms with van der Waals surface area (Å²) in [6.45, 7) is 4.13. The Labute approximate surface area is 123 Å². The Hall–Kier alpha value is -1.66. The SMILES string of the molecule is CC(CNC(=O)CC1COCCN1)Oc1ccccc1F. The van der Waals surface area contributed by atoms with E-state index in [4.69, 9.17) is 9.47 Å². The Morgan fingerprint density at radius 2 is 2.38 bits per heavy atom. The molecular formula is C15H21FN2O3. The number of hydrogen-bond acceptors (Lipinski definition) is 4. The van der Waals surface area contributed by atoms with E-state index in [1.807, 2.05) is 0 Å². The lowest BCUT2D eigenvalue weighted by Crippen LogP contribution is -2.45. The quantitative estimate of drug-likeness (QED) is 0.825. The molecule has 1 aliphatic heterocycles. The summed E-state index contributed by atoms with van der Waals surface area (Å²) in [6.07, 6.45) is 0.0632. The highest BCUT2D eigenvalue weighted by atomic mass is 19.1. The first kappa shape index (κ1) is 15.7. The van der Waals surface area contributed by atoms with Crippen LogP contribution in [0.3, 0.4) is 0 Å².